The van der Waals surface area contributed by atoms with Crippen LogP contribution in [-0.4, -0.2) is 41.3 Å². The van der Waals surface area contributed by atoms with Crippen LogP contribution in [0.1, 0.15) is 44.6 Å². The number of allylic oxidation sites excluding steroid dienone is 2. The van der Waals surface area contributed by atoms with E-state index in [9.17, 15) is 9.59 Å². The van der Waals surface area contributed by atoms with Gasteiger partial charge >= 0.3 is 0 Å². The van der Waals surface area contributed by atoms with Crippen molar-refractivity contribution in [3.63, 3.8) is 0 Å². The van der Waals surface area contributed by atoms with Crippen LogP contribution in [0.15, 0.2) is 60.9 Å². The molecule has 1 N–H and O–H groups in total. The number of hydrogen-bond acceptors (Lipinski definition) is 3. The lowest BCUT2D eigenvalue weighted by Crippen LogP contribution is -2.55. The molecule has 0 saturated carbocycles. The van der Waals surface area contributed by atoms with Crippen molar-refractivity contribution in [1.29, 1.82) is 0 Å². The summed E-state index contributed by atoms with van der Waals surface area (Å²) < 4.78 is 0. The predicted octanol–water partition coefficient (Wildman–Crippen LogP) is 4.39. The molecule has 2 heterocycles. The molecule has 5 nitrogen and oxygen atoms in total. The predicted molar refractivity (Wildman–Crippen MR) is 127 cm³/mol. The zero-order chi connectivity index (χ0) is 22.4. The van der Waals surface area contributed by atoms with Crippen LogP contribution in [0, 0.1) is 11.3 Å². The number of benzene rings is 1. The number of carbonyl (C=O) groups is 2. The Morgan fingerprint density at radius 3 is 2.81 bits per heavy atom. The number of aromatic nitrogens is 1. The van der Waals surface area contributed by atoms with Crippen molar-refractivity contribution in [2.24, 2.45) is 11.3 Å². The number of pyridine rings is 1. The van der Waals surface area contributed by atoms with E-state index in [0.29, 0.717) is 19.5 Å². The third kappa shape index (κ3) is 4.93. The third-order valence-corrected chi connectivity index (χ3v) is 6.79. The van der Waals surface area contributed by atoms with Gasteiger partial charge in [-0.1, -0.05) is 42.5 Å². The molecule has 1 aliphatic carbocycles. The van der Waals surface area contributed by atoms with E-state index in [1.165, 1.54) is 0 Å². The number of rotatable bonds is 6. The molecule has 5 heteroatoms. The topological polar surface area (TPSA) is 62.3 Å². The van der Waals surface area contributed by atoms with Crippen LogP contribution >= 0.6 is 0 Å². The number of hydrogen-bond donors (Lipinski definition) is 1. The maximum atomic E-state index is 13.4. The van der Waals surface area contributed by atoms with E-state index < -0.39 is 5.41 Å². The fourth-order valence-electron chi connectivity index (χ4n) is 5.14. The van der Waals surface area contributed by atoms with E-state index in [1.54, 1.807) is 6.20 Å². The van der Waals surface area contributed by atoms with E-state index in [4.69, 9.17) is 0 Å². The Morgan fingerprint density at radius 2 is 2.06 bits per heavy atom. The quantitative estimate of drug-likeness (QED) is 0.690. The molecular formula is C27H33N3O2. The van der Waals surface area contributed by atoms with Gasteiger partial charge in [0, 0.05) is 37.9 Å². The van der Waals surface area contributed by atoms with Crippen LogP contribution < -0.4 is 5.32 Å². The van der Waals surface area contributed by atoms with Crippen LogP contribution in [0.5, 0.6) is 0 Å². The van der Waals surface area contributed by atoms with Gasteiger partial charge in [0.25, 0.3) is 0 Å². The van der Waals surface area contributed by atoms with Crippen LogP contribution in [0.4, 0.5) is 0 Å². The second-order valence-electron chi connectivity index (χ2n) is 9.10. The van der Waals surface area contributed by atoms with Gasteiger partial charge in [0.1, 0.15) is 0 Å². The molecule has 1 fully saturated rings. The summed E-state index contributed by atoms with van der Waals surface area (Å²) in [6.45, 7) is 3.79. The minimum absolute atomic E-state index is 0.0546. The second-order valence-corrected chi connectivity index (χ2v) is 9.10. The van der Waals surface area contributed by atoms with E-state index in [1.807, 2.05) is 36.2 Å². The van der Waals surface area contributed by atoms with Gasteiger partial charge in [-0.25, -0.2) is 0 Å². The maximum absolute atomic E-state index is 13.4. The van der Waals surface area contributed by atoms with Gasteiger partial charge < -0.3 is 10.2 Å². The largest absolute Gasteiger partial charge is 0.356 e. The molecule has 2 aliphatic rings. The van der Waals surface area contributed by atoms with Gasteiger partial charge in [-0.2, -0.15) is 0 Å². The first-order valence-corrected chi connectivity index (χ1v) is 11.8. The van der Waals surface area contributed by atoms with Crippen molar-refractivity contribution in [1.82, 2.24) is 15.2 Å². The number of piperidine rings is 1. The lowest BCUT2D eigenvalue weighted by Gasteiger charge is -2.43. The van der Waals surface area contributed by atoms with Crippen molar-refractivity contribution >= 4 is 11.8 Å². The Hall–Kier alpha value is -2.95. The summed E-state index contributed by atoms with van der Waals surface area (Å²) in [5.74, 6) is 0.332. The Balaban J connectivity index is 1.59. The molecule has 0 radical (unpaired) electrons. The summed E-state index contributed by atoms with van der Waals surface area (Å²) in [5.41, 5.74) is 2.68. The molecule has 4 rings (SSSR count). The van der Waals surface area contributed by atoms with Gasteiger partial charge in [0.2, 0.25) is 11.8 Å². The van der Waals surface area contributed by atoms with Crippen molar-refractivity contribution in [3.8, 4) is 11.1 Å². The molecule has 1 aromatic carbocycles. The fraction of sp³-hybridized carbons (Fsp3) is 0.444. The van der Waals surface area contributed by atoms with Gasteiger partial charge in [-0.3, -0.25) is 14.6 Å². The molecule has 2 atom stereocenters. The molecule has 2 aromatic rings. The molecule has 32 heavy (non-hydrogen) atoms. The lowest BCUT2D eigenvalue weighted by molar-refractivity contribution is -0.144. The minimum Gasteiger partial charge on any atom is -0.356 e. The minimum atomic E-state index is -0.595. The highest BCUT2D eigenvalue weighted by Gasteiger charge is 2.44. The molecule has 1 aliphatic heterocycles. The first-order chi connectivity index (χ1) is 15.6. The SMILES string of the molecule is CCNC(=O)[C@@]1(Cc2cccc(-c3cccnc3)c2)CCCN(C(=O)[C@@H]2CC=CCC2)C1. The summed E-state index contributed by atoms with van der Waals surface area (Å²) >= 11 is 0. The van der Waals surface area contributed by atoms with Gasteiger partial charge in [0.15, 0.2) is 0 Å². The number of nitrogens with one attached hydrogen (secondary N) is 1. The molecule has 1 saturated heterocycles. The number of amides is 2. The first kappa shape index (κ1) is 22.3. The maximum Gasteiger partial charge on any atom is 0.228 e. The molecule has 168 valence electrons. The van der Waals surface area contributed by atoms with Crippen LogP contribution in [-0.2, 0) is 16.0 Å². The zero-order valence-corrected chi connectivity index (χ0v) is 18.9. The Labute approximate surface area is 190 Å². The van der Waals surface area contributed by atoms with Crippen molar-refractivity contribution in [2.75, 3.05) is 19.6 Å². The highest BCUT2D eigenvalue weighted by molar-refractivity contribution is 5.85. The van der Waals surface area contributed by atoms with Crippen molar-refractivity contribution in [3.05, 3.63) is 66.5 Å². The Kier molecular flexibility index (Phi) is 7.03. The van der Waals surface area contributed by atoms with Crippen molar-refractivity contribution < 1.29 is 9.59 Å². The summed E-state index contributed by atoms with van der Waals surface area (Å²) in [4.78, 5) is 32.8. The summed E-state index contributed by atoms with van der Waals surface area (Å²) in [5, 5.41) is 3.06. The number of nitrogens with zero attached hydrogens (tertiary/aromatic N) is 2. The summed E-state index contributed by atoms with van der Waals surface area (Å²) in [6, 6.07) is 12.3. The van der Waals surface area contributed by atoms with Crippen LogP contribution in [0.25, 0.3) is 11.1 Å². The van der Waals surface area contributed by atoms with E-state index in [0.717, 1.165) is 55.3 Å². The van der Waals surface area contributed by atoms with E-state index >= 15 is 0 Å². The number of likely N-dealkylation sites (tertiary alicyclic amines) is 1. The molecule has 0 spiro atoms. The van der Waals surface area contributed by atoms with Crippen LogP contribution in [0.3, 0.4) is 0 Å². The number of carbonyl (C=O) groups excluding carboxylic acids is 2. The second kappa shape index (κ2) is 10.1. The molecule has 0 bridgehead atoms. The summed E-state index contributed by atoms with van der Waals surface area (Å²) in [7, 11) is 0. The van der Waals surface area contributed by atoms with Gasteiger partial charge in [-0.15, -0.1) is 0 Å². The molecule has 2 amide bonds. The summed E-state index contributed by atoms with van der Waals surface area (Å²) in [6.07, 6.45) is 12.9. The molecule has 0 unspecified atom stereocenters. The smallest absolute Gasteiger partial charge is 0.228 e. The monoisotopic (exact) mass is 431 g/mol. The Bertz CT molecular complexity index is 972. The Morgan fingerprint density at radius 1 is 1.19 bits per heavy atom. The average Bonchev–Trinajstić information content (AvgIpc) is 2.85. The lowest BCUT2D eigenvalue weighted by atomic mass is 9.73. The van der Waals surface area contributed by atoms with Gasteiger partial charge in [0.05, 0.1) is 5.41 Å². The first-order valence-electron chi connectivity index (χ1n) is 11.8. The van der Waals surface area contributed by atoms with Crippen molar-refractivity contribution in [2.45, 2.75) is 45.4 Å². The fourth-order valence-corrected chi connectivity index (χ4v) is 5.14. The van der Waals surface area contributed by atoms with Gasteiger partial charge in [-0.05, 0) is 68.2 Å². The molecule has 1 aromatic heterocycles. The highest BCUT2D eigenvalue weighted by atomic mass is 16.2. The normalized spacial score (nSPS) is 23.0. The van der Waals surface area contributed by atoms with E-state index in [-0.39, 0.29) is 17.7 Å². The third-order valence-electron chi connectivity index (χ3n) is 6.79. The van der Waals surface area contributed by atoms with Crippen LogP contribution in [0.2, 0.25) is 0 Å². The van der Waals surface area contributed by atoms with E-state index in [2.05, 4.69) is 40.7 Å². The molecular weight excluding hydrogens is 398 g/mol. The standard InChI is InChI=1S/C27H33N3O2/c1-2-29-26(32)27(14-8-16-30(20-27)25(31)22-10-4-3-5-11-22)18-21-9-6-12-23(17-21)24-13-7-15-28-19-24/h3-4,6-7,9,12-13,15,17,19,22H,2,5,8,10-11,14,16,18,20H2,1H3,(H,29,32)/t22-,27-/m1/s1. The highest BCUT2D eigenvalue weighted by Crippen LogP contribution is 2.36. The zero-order valence-electron chi connectivity index (χ0n) is 18.9. The average molecular weight is 432 g/mol.